The highest BCUT2D eigenvalue weighted by molar-refractivity contribution is 7.89. The van der Waals surface area contributed by atoms with Crippen molar-refractivity contribution in [1.29, 1.82) is 0 Å². The summed E-state index contributed by atoms with van der Waals surface area (Å²) in [6.07, 6.45) is 2.46. The Morgan fingerprint density at radius 3 is 2.25 bits per heavy atom. The molecule has 2 N–H and O–H groups in total. The number of amides is 1. The number of hydrogen-bond acceptors (Lipinski definition) is 7. The summed E-state index contributed by atoms with van der Waals surface area (Å²) < 4.78 is 36.6. The smallest absolute Gasteiger partial charge is 0.331 e. The second-order valence-corrected chi connectivity index (χ2v) is 9.23. The van der Waals surface area contributed by atoms with Crippen LogP contribution in [0.2, 0.25) is 0 Å². The van der Waals surface area contributed by atoms with Crippen molar-refractivity contribution in [2.24, 2.45) is 0 Å². The van der Waals surface area contributed by atoms with Crippen molar-refractivity contribution in [1.82, 2.24) is 4.72 Å². The summed E-state index contributed by atoms with van der Waals surface area (Å²) in [4.78, 5) is 36.5. The number of methoxy groups -OCH3 is 1. The molecule has 0 radical (unpaired) electrons. The zero-order valence-electron chi connectivity index (χ0n) is 19.6. The van der Waals surface area contributed by atoms with Gasteiger partial charge in [0.1, 0.15) is 10.6 Å². The Bertz CT molecular complexity index is 1380. The van der Waals surface area contributed by atoms with Crippen LogP contribution in [0.5, 0.6) is 5.75 Å². The molecule has 0 spiro atoms. The first-order chi connectivity index (χ1) is 17.2. The van der Waals surface area contributed by atoms with E-state index >= 15 is 0 Å². The quantitative estimate of drug-likeness (QED) is 0.244. The van der Waals surface area contributed by atoms with Crippen LogP contribution < -0.4 is 14.8 Å². The molecule has 0 unspecified atom stereocenters. The Balaban J connectivity index is 1.56. The van der Waals surface area contributed by atoms with Gasteiger partial charge in [-0.15, -0.1) is 0 Å². The predicted octanol–water partition coefficient (Wildman–Crippen LogP) is 3.29. The molecule has 0 saturated heterocycles. The maximum Gasteiger partial charge on any atom is 0.331 e. The first-order valence-corrected chi connectivity index (χ1v) is 12.2. The molecule has 0 bridgehead atoms. The van der Waals surface area contributed by atoms with Crippen LogP contribution in [0.3, 0.4) is 0 Å². The molecule has 0 heterocycles. The van der Waals surface area contributed by atoms with Crippen LogP contribution >= 0.6 is 0 Å². The van der Waals surface area contributed by atoms with E-state index < -0.39 is 28.4 Å². The van der Waals surface area contributed by atoms with Crippen LogP contribution in [0, 0.1) is 0 Å². The number of hydrogen-bond donors (Lipinski definition) is 2. The van der Waals surface area contributed by atoms with E-state index in [0.29, 0.717) is 22.4 Å². The molecular formula is C26H24N2O7S. The van der Waals surface area contributed by atoms with Gasteiger partial charge in [0, 0.05) is 22.9 Å². The fraction of sp³-hybridized carbons (Fsp3) is 0.115. The van der Waals surface area contributed by atoms with Crippen molar-refractivity contribution in [2.75, 3.05) is 26.1 Å². The molecule has 3 aromatic carbocycles. The standard InChI is InChI=1S/C26H24N2O7S/c1-27-36(32,33)24-16-18(8-14-23(24)34-2)9-15-25(30)35-17-22(29)19-10-12-21(13-11-19)28-26(31)20-6-4-3-5-7-20/h3-16,27H,17H2,1-2H3,(H,28,31). The molecule has 186 valence electrons. The van der Waals surface area contributed by atoms with E-state index in [-0.39, 0.29) is 16.6 Å². The Morgan fingerprint density at radius 1 is 0.917 bits per heavy atom. The fourth-order valence-electron chi connectivity index (χ4n) is 3.08. The van der Waals surface area contributed by atoms with Crippen LogP contribution in [-0.4, -0.2) is 46.8 Å². The molecular weight excluding hydrogens is 484 g/mol. The van der Waals surface area contributed by atoms with Crippen LogP contribution in [0.15, 0.2) is 83.8 Å². The molecule has 0 saturated carbocycles. The lowest BCUT2D eigenvalue weighted by Crippen LogP contribution is -2.19. The number of ether oxygens (including phenoxy) is 2. The summed E-state index contributed by atoms with van der Waals surface area (Å²) in [6.45, 7) is -0.485. The third-order valence-electron chi connectivity index (χ3n) is 5.00. The number of sulfonamides is 1. The number of anilines is 1. The van der Waals surface area contributed by atoms with Crippen molar-refractivity contribution >= 4 is 39.4 Å². The van der Waals surface area contributed by atoms with E-state index in [4.69, 9.17) is 9.47 Å². The largest absolute Gasteiger partial charge is 0.495 e. The molecule has 3 rings (SSSR count). The number of ketones is 1. The molecule has 0 fully saturated rings. The second kappa shape index (κ2) is 11.9. The number of carbonyl (C=O) groups is 3. The number of esters is 1. The van der Waals surface area contributed by atoms with Crippen LogP contribution in [0.25, 0.3) is 6.08 Å². The summed E-state index contributed by atoms with van der Waals surface area (Å²) in [6, 6.07) is 19.3. The summed E-state index contributed by atoms with van der Waals surface area (Å²) >= 11 is 0. The van der Waals surface area contributed by atoms with Gasteiger partial charge in [0.15, 0.2) is 12.4 Å². The lowest BCUT2D eigenvalue weighted by molar-refractivity contribution is -0.136. The molecule has 0 aliphatic heterocycles. The third kappa shape index (κ3) is 6.87. The normalized spacial score (nSPS) is 11.2. The predicted molar refractivity (Wildman–Crippen MR) is 134 cm³/mol. The van der Waals surface area contributed by atoms with Crippen molar-refractivity contribution < 1.29 is 32.3 Å². The molecule has 0 aliphatic carbocycles. The minimum absolute atomic E-state index is 0.0819. The van der Waals surface area contributed by atoms with E-state index in [1.807, 2.05) is 6.07 Å². The molecule has 10 heteroatoms. The minimum Gasteiger partial charge on any atom is -0.495 e. The van der Waals surface area contributed by atoms with Crippen molar-refractivity contribution in [3.8, 4) is 5.75 Å². The number of rotatable bonds is 10. The first kappa shape index (κ1) is 26.3. The Labute approximate surface area is 208 Å². The second-order valence-electron chi connectivity index (χ2n) is 7.38. The summed E-state index contributed by atoms with van der Waals surface area (Å²) in [7, 11) is -1.14. The molecule has 36 heavy (non-hydrogen) atoms. The van der Waals surface area contributed by atoms with Gasteiger partial charge >= 0.3 is 5.97 Å². The van der Waals surface area contributed by atoms with Gasteiger partial charge in [-0.3, -0.25) is 9.59 Å². The van der Waals surface area contributed by atoms with E-state index in [0.717, 1.165) is 6.08 Å². The Kier molecular flexibility index (Phi) is 8.71. The Morgan fingerprint density at radius 2 is 1.61 bits per heavy atom. The van der Waals surface area contributed by atoms with E-state index in [1.54, 1.807) is 42.5 Å². The molecule has 9 nitrogen and oxygen atoms in total. The molecule has 0 aromatic heterocycles. The zero-order chi connectivity index (χ0) is 26.1. The zero-order valence-corrected chi connectivity index (χ0v) is 20.4. The first-order valence-electron chi connectivity index (χ1n) is 10.7. The molecule has 3 aromatic rings. The van der Waals surface area contributed by atoms with Crippen molar-refractivity contribution in [2.45, 2.75) is 4.90 Å². The SMILES string of the molecule is CNS(=O)(=O)c1cc(C=CC(=O)OCC(=O)c2ccc(NC(=O)c3ccccc3)cc2)ccc1OC. The molecule has 1 amide bonds. The lowest BCUT2D eigenvalue weighted by Gasteiger charge is -2.09. The highest BCUT2D eigenvalue weighted by atomic mass is 32.2. The van der Waals surface area contributed by atoms with Crippen molar-refractivity contribution in [3.05, 3.63) is 95.6 Å². The van der Waals surface area contributed by atoms with Gasteiger partial charge in [-0.05, 0) is 67.2 Å². The Hall–Kier alpha value is -4.28. The molecule has 0 atom stereocenters. The van der Waals surface area contributed by atoms with Gasteiger partial charge in [-0.2, -0.15) is 0 Å². The van der Waals surface area contributed by atoms with Crippen LogP contribution in [-0.2, 0) is 19.6 Å². The van der Waals surface area contributed by atoms with Gasteiger partial charge in [-0.25, -0.2) is 17.9 Å². The van der Waals surface area contributed by atoms with Gasteiger partial charge < -0.3 is 14.8 Å². The summed E-state index contributed by atoms with van der Waals surface area (Å²) in [5.41, 5.74) is 1.74. The number of nitrogens with one attached hydrogen (secondary N) is 2. The van der Waals surface area contributed by atoms with E-state index in [1.165, 1.54) is 44.5 Å². The summed E-state index contributed by atoms with van der Waals surface area (Å²) in [5, 5.41) is 2.74. The minimum atomic E-state index is -3.77. The lowest BCUT2D eigenvalue weighted by atomic mass is 10.1. The van der Waals surface area contributed by atoms with Gasteiger partial charge in [0.05, 0.1) is 7.11 Å². The average Bonchev–Trinajstić information content (AvgIpc) is 2.91. The van der Waals surface area contributed by atoms with Gasteiger partial charge in [0.25, 0.3) is 5.91 Å². The van der Waals surface area contributed by atoms with Crippen LogP contribution in [0.4, 0.5) is 5.69 Å². The molecule has 0 aliphatic rings. The number of benzene rings is 3. The van der Waals surface area contributed by atoms with E-state index in [9.17, 15) is 22.8 Å². The fourth-order valence-corrected chi connectivity index (χ4v) is 4.01. The summed E-state index contributed by atoms with van der Waals surface area (Å²) in [5.74, 6) is -1.32. The average molecular weight is 509 g/mol. The number of carbonyl (C=O) groups excluding carboxylic acids is 3. The highest BCUT2D eigenvalue weighted by Gasteiger charge is 2.18. The topological polar surface area (TPSA) is 128 Å². The van der Waals surface area contributed by atoms with Crippen molar-refractivity contribution in [3.63, 3.8) is 0 Å². The monoisotopic (exact) mass is 508 g/mol. The van der Waals surface area contributed by atoms with Gasteiger partial charge in [-0.1, -0.05) is 24.3 Å². The maximum absolute atomic E-state index is 12.4. The van der Waals surface area contributed by atoms with Gasteiger partial charge in [0.2, 0.25) is 10.0 Å². The maximum atomic E-state index is 12.4. The highest BCUT2D eigenvalue weighted by Crippen LogP contribution is 2.25. The van der Waals surface area contributed by atoms with Crippen LogP contribution in [0.1, 0.15) is 26.3 Å². The van der Waals surface area contributed by atoms with E-state index in [2.05, 4.69) is 10.0 Å². The third-order valence-corrected chi connectivity index (χ3v) is 6.44. The number of Topliss-reactive ketones (excluding diaryl/α,β-unsaturated/α-hetero) is 1.